The van der Waals surface area contributed by atoms with Crippen LogP contribution in [-0.4, -0.2) is 27.9 Å². The van der Waals surface area contributed by atoms with Crippen LogP contribution in [0.25, 0.3) is 0 Å². The second-order valence-corrected chi connectivity index (χ2v) is 4.92. The number of rotatable bonds is 3. The monoisotopic (exact) mass is 272 g/mol. The van der Waals surface area contributed by atoms with Gasteiger partial charge in [-0.15, -0.1) is 0 Å². The van der Waals surface area contributed by atoms with Crippen molar-refractivity contribution in [3.05, 3.63) is 21.7 Å². The van der Waals surface area contributed by atoms with Gasteiger partial charge in [-0.25, -0.2) is 9.59 Å². The first-order valence-electron chi connectivity index (χ1n) is 5.52. The minimum atomic E-state index is -1.53. The first-order chi connectivity index (χ1) is 8.61. The van der Waals surface area contributed by atoms with Gasteiger partial charge in [-0.2, -0.15) is 5.16 Å². The van der Waals surface area contributed by atoms with E-state index < -0.39 is 29.3 Å². The minimum Gasteiger partial charge on any atom is -0.479 e. The number of hydrogen-bond acceptors (Lipinski definition) is 5. The number of hydrogen-bond donors (Lipinski definition) is 3. The fraction of sp³-hybridized carbons (Fsp3) is 0.545. The number of aryl methyl sites for hydroxylation is 1. The highest BCUT2D eigenvalue weighted by molar-refractivity contribution is 5.81. The maximum atomic E-state index is 11.6. The van der Waals surface area contributed by atoms with Crippen LogP contribution in [0.4, 0.5) is 4.79 Å². The van der Waals surface area contributed by atoms with E-state index in [2.05, 4.69) is 5.32 Å². The van der Waals surface area contributed by atoms with Crippen molar-refractivity contribution < 1.29 is 24.0 Å². The summed E-state index contributed by atoms with van der Waals surface area (Å²) in [5.74, 6) is -1.30. The lowest BCUT2D eigenvalue weighted by Gasteiger charge is -2.21. The molecule has 0 aliphatic rings. The average molecular weight is 272 g/mol. The van der Waals surface area contributed by atoms with Crippen LogP contribution < -0.4 is 10.9 Å². The number of carboxylic acid groups (broad SMARTS) is 1. The number of aromatic nitrogens is 1. The number of amides is 1. The maximum absolute atomic E-state index is 11.6. The Hall–Kier alpha value is -2.25. The molecule has 0 aliphatic carbocycles. The summed E-state index contributed by atoms with van der Waals surface area (Å²) in [6.45, 7) is 6.33. The third kappa shape index (κ3) is 3.87. The molecule has 1 aromatic heterocycles. The van der Waals surface area contributed by atoms with Crippen LogP contribution in [0.15, 0.2) is 9.32 Å². The third-order valence-corrected chi connectivity index (χ3v) is 2.12. The topological polar surface area (TPSA) is 122 Å². The van der Waals surface area contributed by atoms with Gasteiger partial charge in [-0.05, 0) is 27.7 Å². The molecule has 1 heterocycles. The van der Waals surface area contributed by atoms with Crippen LogP contribution in [0.2, 0.25) is 0 Å². The second-order valence-electron chi connectivity index (χ2n) is 4.92. The van der Waals surface area contributed by atoms with Gasteiger partial charge in [0.15, 0.2) is 6.04 Å². The molecule has 1 rings (SSSR count). The summed E-state index contributed by atoms with van der Waals surface area (Å²) < 4.78 is 9.66. The number of carboxylic acids is 1. The molecule has 3 N–H and O–H groups in total. The van der Waals surface area contributed by atoms with Crippen molar-refractivity contribution in [2.24, 2.45) is 0 Å². The molecule has 0 aliphatic heterocycles. The number of alkyl carbamates (subject to hydrolysis) is 1. The Morgan fingerprint density at radius 1 is 1.42 bits per heavy atom. The number of aromatic amines is 1. The highest BCUT2D eigenvalue weighted by atomic mass is 16.6. The van der Waals surface area contributed by atoms with Crippen molar-refractivity contribution in [3.8, 4) is 0 Å². The lowest BCUT2D eigenvalue weighted by molar-refractivity contribution is -0.139. The molecule has 19 heavy (non-hydrogen) atoms. The van der Waals surface area contributed by atoms with E-state index in [0.717, 1.165) is 0 Å². The van der Waals surface area contributed by atoms with Crippen LogP contribution in [0.5, 0.6) is 0 Å². The summed E-state index contributed by atoms with van der Waals surface area (Å²) in [6, 6.07) is -1.53. The van der Waals surface area contributed by atoms with Gasteiger partial charge in [0.25, 0.3) is 5.56 Å². The molecule has 0 saturated heterocycles. The molecular weight excluding hydrogens is 256 g/mol. The van der Waals surface area contributed by atoms with E-state index in [1.807, 2.05) is 5.16 Å². The normalized spacial score (nSPS) is 12.8. The molecule has 8 heteroatoms. The van der Waals surface area contributed by atoms with Crippen molar-refractivity contribution in [3.63, 3.8) is 0 Å². The summed E-state index contributed by atoms with van der Waals surface area (Å²) in [6.07, 6.45) is -0.931. The number of ether oxygens (including phenoxy) is 1. The molecule has 0 saturated carbocycles. The summed E-state index contributed by atoms with van der Waals surface area (Å²) in [5.41, 5.74) is -1.65. The van der Waals surface area contributed by atoms with Crippen LogP contribution in [0, 0.1) is 6.92 Å². The zero-order chi connectivity index (χ0) is 14.8. The molecule has 0 fully saturated rings. The molecule has 106 valence electrons. The van der Waals surface area contributed by atoms with E-state index in [0.29, 0.717) is 0 Å². The van der Waals surface area contributed by atoms with Crippen LogP contribution in [0.1, 0.15) is 38.1 Å². The first-order valence-corrected chi connectivity index (χ1v) is 5.52. The Kier molecular flexibility index (Phi) is 4.03. The SMILES string of the molecule is Cc1o[nH]c(=O)c1[C@H](NC(=O)OC(C)(C)C)C(=O)O. The van der Waals surface area contributed by atoms with Crippen molar-refractivity contribution in [1.29, 1.82) is 0 Å². The smallest absolute Gasteiger partial charge is 0.408 e. The van der Waals surface area contributed by atoms with E-state index in [-0.39, 0.29) is 11.3 Å². The molecule has 0 spiro atoms. The second kappa shape index (κ2) is 5.17. The quantitative estimate of drug-likeness (QED) is 0.752. The molecule has 0 unspecified atom stereocenters. The van der Waals surface area contributed by atoms with Gasteiger partial charge in [-0.1, -0.05) is 0 Å². The van der Waals surface area contributed by atoms with Crippen LogP contribution in [0.3, 0.4) is 0 Å². The fourth-order valence-corrected chi connectivity index (χ4v) is 1.41. The Bertz CT molecular complexity index is 536. The minimum absolute atomic E-state index is 0.0912. The van der Waals surface area contributed by atoms with E-state index in [4.69, 9.17) is 14.4 Å². The van der Waals surface area contributed by atoms with Gasteiger partial charge in [0, 0.05) is 0 Å². The van der Waals surface area contributed by atoms with Gasteiger partial charge >= 0.3 is 12.1 Å². The Balaban J connectivity index is 2.96. The summed E-state index contributed by atoms with van der Waals surface area (Å²) in [7, 11) is 0. The van der Waals surface area contributed by atoms with Crippen molar-refractivity contribution in [2.75, 3.05) is 0 Å². The highest BCUT2D eigenvalue weighted by Crippen LogP contribution is 2.15. The van der Waals surface area contributed by atoms with Crippen LogP contribution >= 0.6 is 0 Å². The third-order valence-electron chi connectivity index (χ3n) is 2.12. The first kappa shape index (κ1) is 14.8. The Morgan fingerprint density at radius 3 is 2.37 bits per heavy atom. The predicted octanol–water partition coefficient (Wildman–Crippen LogP) is 0.927. The Morgan fingerprint density at radius 2 is 2.00 bits per heavy atom. The molecule has 1 aromatic rings. The molecule has 0 bridgehead atoms. The van der Waals surface area contributed by atoms with Gasteiger partial charge in [0.05, 0.1) is 5.56 Å². The van der Waals surface area contributed by atoms with Crippen molar-refractivity contribution in [2.45, 2.75) is 39.3 Å². The number of carbonyl (C=O) groups excluding carboxylic acids is 1. The molecule has 1 amide bonds. The summed E-state index contributed by atoms with van der Waals surface area (Å²) >= 11 is 0. The molecule has 1 atom stereocenters. The van der Waals surface area contributed by atoms with Crippen molar-refractivity contribution >= 4 is 12.1 Å². The van der Waals surface area contributed by atoms with E-state index in [1.54, 1.807) is 20.8 Å². The average Bonchev–Trinajstić information content (AvgIpc) is 2.52. The zero-order valence-corrected chi connectivity index (χ0v) is 11.1. The van der Waals surface area contributed by atoms with E-state index >= 15 is 0 Å². The standard InChI is InChI=1S/C11H16N2O6/c1-5-6(8(14)13-19-5)7(9(15)16)12-10(17)18-11(2,3)4/h7H,1-4H3,(H,12,17)(H,13,14)(H,15,16)/t7-/m0/s1. The van der Waals surface area contributed by atoms with E-state index in [9.17, 15) is 14.4 Å². The fourth-order valence-electron chi connectivity index (χ4n) is 1.41. The molecule has 8 nitrogen and oxygen atoms in total. The molecule has 0 radical (unpaired) electrons. The van der Waals surface area contributed by atoms with Gasteiger partial charge in [0.1, 0.15) is 11.4 Å². The summed E-state index contributed by atoms with van der Waals surface area (Å²) in [4.78, 5) is 34.1. The zero-order valence-electron chi connectivity index (χ0n) is 11.1. The molecule has 0 aromatic carbocycles. The highest BCUT2D eigenvalue weighted by Gasteiger charge is 2.30. The van der Waals surface area contributed by atoms with Gasteiger partial charge < -0.3 is 19.7 Å². The Labute approximate surface area is 108 Å². The number of aliphatic carboxylic acids is 1. The number of H-pyrrole nitrogens is 1. The van der Waals surface area contributed by atoms with Crippen molar-refractivity contribution in [1.82, 2.24) is 10.5 Å². The predicted molar refractivity (Wildman–Crippen MR) is 63.8 cm³/mol. The summed E-state index contributed by atoms with van der Waals surface area (Å²) in [5, 5.41) is 13.2. The lowest BCUT2D eigenvalue weighted by atomic mass is 10.1. The van der Waals surface area contributed by atoms with Gasteiger partial charge in [0.2, 0.25) is 0 Å². The van der Waals surface area contributed by atoms with E-state index in [1.165, 1.54) is 6.92 Å². The number of nitrogens with one attached hydrogen (secondary N) is 2. The largest absolute Gasteiger partial charge is 0.479 e. The number of carbonyl (C=O) groups is 2. The lowest BCUT2D eigenvalue weighted by Crippen LogP contribution is -2.39. The van der Waals surface area contributed by atoms with Gasteiger partial charge in [-0.3, -0.25) is 4.79 Å². The maximum Gasteiger partial charge on any atom is 0.408 e. The van der Waals surface area contributed by atoms with Crippen LogP contribution in [-0.2, 0) is 9.53 Å². The molecular formula is C11H16N2O6.